The fourth-order valence-electron chi connectivity index (χ4n) is 3.07. The van der Waals surface area contributed by atoms with E-state index in [4.69, 9.17) is 27.2 Å². The molecule has 6 heteroatoms. The molecule has 0 aliphatic carbocycles. The van der Waals surface area contributed by atoms with Gasteiger partial charge >= 0.3 is 5.97 Å². The standard InChI is InChI=1S/C23H22ClNO4/c24-20-9-15(14-29-22-7-2-1-4-18(22)12-23(27)28)8-19(11-20)16-5-3-6-17(10-16)21(25)13-26/h1-11,21,26H,12-14,25H2,(H,27,28). The number of aliphatic hydroxyl groups excluding tert-OH is 1. The van der Waals surface area contributed by atoms with Gasteiger partial charge in [-0.05, 0) is 52.6 Å². The van der Waals surface area contributed by atoms with Gasteiger partial charge in [0.15, 0.2) is 0 Å². The fraction of sp³-hybridized carbons (Fsp3) is 0.174. The largest absolute Gasteiger partial charge is 0.489 e. The average Bonchev–Trinajstić information content (AvgIpc) is 2.72. The molecule has 0 spiro atoms. The van der Waals surface area contributed by atoms with Crippen LogP contribution < -0.4 is 10.5 Å². The zero-order valence-corrected chi connectivity index (χ0v) is 16.5. The van der Waals surface area contributed by atoms with Crippen molar-refractivity contribution < 1.29 is 19.7 Å². The van der Waals surface area contributed by atoms with E-state index in [1.54, 1.807) is 24.3 Å². The van der Waals surface area contributed by atoms with Crippen LogP contribution in [-0.4, -0.2) is 22.8 Å². The highest BCUT2D eigenvalue weighted by molar-refractivity contribution is 6.31. The van der Waals surface area contributed by atoms with E-state index in [0.717, 1.165) is 22.3 Å². The van der Waals surface area contributed by atoms with E-state index in [0.29, 0.717) is 16.3 Å². The van der Waals surface area contributed by atoms with Crippen LogP contribution in [0.4, 0.5) is 0 Å². The van der Waals surface area contributed by atoms with E-state index < -0.39 is 12.0 Å². The molecule has 0 fully saturated rings. The molecule has 3 rings (SSSR count). The van der Waals surface area contributed by atoms with Gasteiger partial charge in [0.05, 0.1) is 19.1 Å². The molecule has 0 aromatic heterocycles. The second-order valence-electron chi connectivity index (χ2n) is 6.73. The highest BCUT2D eigenvalue weighted by Gasteiger charge is 2.10. The van der Waals surface area contributed by atoms with Crippen molar-refractivity contribution in [2.24, 2.45) is 5.73 Å². The van der Waals surface area contributed by atoms with Gasteiger partial charge in [0, 0.05) is 10.6 Å². The van der Waals surface area contributed by atoms with Crippen molar-refractivity contribution in [1.29, 1.82) is 0 Å². The first-order valence-corrected chi connectivity index (χ1v) is 9.53. The van der Waals surface area contributed by atoms with Crippen molar-refractivity contribution in [3.05, 3.63) is 88.4 Å². The first kappa shape index (κ1) is 20.9. The Kier molecular flexibility index (Phi) is 6.88. The number of aliphatic carboxylic acids is 1. The fourth-order valence-corrected chi connectivity index (χ4v) is 3.33. The second kappa shape index (κ2) is 9.56. The predicted molar refractivity (Wildman–Crippen MR) is 113 cm³/mol. The van der Waals surface area contributed by atoms with Gasteiger partial charge in [0.1, 0.15) is 12.4 Å². The topological polar surface area (TPSA) is 92.8 Å². The summed E-state index contributed by atoms with van der Waals surface area (Å²) in [4.78, 5) is 11.0. The molecule has 1 atom stereocenters. The highest BCUT2D eigenvalue weighted by Crippen LogP contribution is 2.28. The minimum atomic E-state index is -0.910. The predicted octanol–water partition coefficient (Wildman–Crippen LogP) is 4.21. The van der Waals surface area contributed by atoms with E-state index in [1.807, 2.05) is 42.5 Å². The summed E-state index contributed by atoms with van der Waals surface area (Å²) in [5.41, 5.74) is 10.1. The molecule has 0 saturated heterocycles. The van der Waals surface area contributed by atoms with Crippen molar-refractivity contribution in [3.8, 4) is 16.9 Å². The third-order valence-electron chi connectivity index (χ3n) is 4.51. The number of nitrogens with two attached hydrogens (primary N) is 1. The molecule has 150 valence electrons. The summed E-state index contributed by atoms with van der Waals surface area (Å²) in [5.74, 6) is -0.376. The van der Waals surface area contributed by atoms with E-state index in [1.165, 1.54) is 0 Å². The summed E-state index contributed by atoms with van der Waals surface area (Å²) < 4.78 is 5.87. The minimum absolute atomic E-state index is 0.102. The molecule has 3 aromatic carbocycles. The summed E-state index contributed by atoms with van der Waals surface area (Å²) >= 11 is 6.31. The van der Waals surface area contributed by atoms with Gasteiger partial charge in [-0.25, -0.2) is 0 Å². The number of rotatable bonds is 8. The molecular weight excluding hydrogens is 390 g/mol. The maximum atomic E-state index is 11.0. The summed E-state index contributed by atoms with van der Waals surface area (Å²) in [6.07, 6.45) is -0.102. The van der Waals surface area contributed by atoms with Gasteiger partial charge in [-0.2, -0.15) is 0 Å². The number of hydrogen-bond donors (Lipinski definition) is 3. The number of ether oxygens (including phenoxy) is 1. The Morgan fingerprint density at radius 1 is 1.03 bits per heavy atom. The number of aliphatic hydroxyl groups is 1. The zero-order valence-electron chi connectivity index (χ0n) is 15.7. The molecular formula is C23H22ClNO4. The van der Waals surface area contributed by atoms with Gasteiger partial charge in [-0.15, -0.1) is 0 Å². The van der Waals surface area contributed by atoms with E-state index in [-0.39, 0.29) is 19.6 Å². The summed E-state index contributed by atoms with van der Waals surface area (Å²) in [7, 11) is 0. The van der Waals surface area contributed by atoms with E-state index in [9.17, 15) is 9.90 Å². The first-order valence-electron chi connectivity index (χ1n) is 9.15. The molecule has 0 aliphatic rings. The van der Waals surface area contributed by atoms with Crippen LogP contribution in [0.3, 0.4) is 0 Å². The van der Waals surface area contributed by atoms with E-state index >= 15 is 0 Å². The van der Waals surface area contributed by atoms with Gasteiger partial charge < -0.3 is 20.7 Å². The molecule has 0 heterocycles. The Labute approximate surface area is 174 Å². The quantitative estimate of drug-likeness (QED) is 0.516. The van der Waals surface area contributed by atoms with Crippen LogP contribution in [0.1, 0.15) is 22.7 Å². The number of carboxylic acids is 1. The number of carbonyl (C=O) groups is 1. The number of carboxylic acid groups (broad SMARTS) is 1. The highest BCUT2D eigenvalue weighted by atomic mass is 35.5. The van der Waals surface area contributed by atoms with Crippen LogP contribution >= 0.6 is 11.6 Å². The van der Waals surface area contributed by atoms with Crippen molar-refractivity contribution in [1.82, 2.24) is 0 Å². The molecule has 0 saturated carbocycles. The summed E-state index contributed by atoms with van der Waals surface area (Å²) in [6, 6.07) is 19.9. The lowest BCUT2D eigenvalue weighted by molar-refractivity contribution is -0.136. The van der Waals surface area contributed by atoms with Crippen LogP contribution in [0.5, 0.6) is 5.75 Å². The summed E-state index contributed by atoms with van der Waals surface area (Å²) in [5, 5.41) is 18.9. The molecule has 3 aromatic rings. The monoisotopic (exact) mass is 411 g/mol. The van der Waals surface area contributed by atoms with Crippen molar-refractivity contribution in [3.63, 3.8) is 0 Å². The zero-order chi connectivity index (χ0) is 20.8. The molecule has 0 radical (unpaired) electrons. The number of hydrogen-bond acceptors (Lipinski definition) is 4. The first-order chi connectivity index (χ1) is 14.0. The van der Waals surface area contributed by atoms with Crippen LogP contribution in [-0.2, 0) is 17.8 Å². The van der Waals surface area contributed by atoms with Crippen LogP contribution in [0.2, 0.25) is 5.02 Å². The Balaban J connectivity index is 1.83. The van der Waals surface area contributed by atoms with Gasteiger partial charge in [-0.3, -0.25) is 4.79 Å². The molecule has 0 bridgehead atoms. The Hall–Kier alpha value is -2.86. The molecule has 4 N–H and O–H groups in total. The molecule has 0 amide bonds. The van der Waals surface area contributed by atoms with Gasteiger partial charge in [0.2, 0.25) is 0 Å². The summed E-state index contributed by atoms with van der Waals surface area (Å²) in [6.45, 7) is 0.119. The Morgan fingerprint density at radius 3 is 2.59 bits per heavy atom. The minimum Gasteiger partial charge on any atom is -0.489 e. The third kappa shape index (κ3) is 5.57. The lowest BCUT2D eigenvalue weighted by Gasteiger charge is -2.13. The van der Waals surface area contributed by atoms with Crippen LogP contribution in [0.25, 0.3) is 11.1 Å². The molecule has 5 nitrogen and oxygen atoms in total. The second-order valence-corrected chi connectivity index (χ2v) is 7.17. The number of benzene rings is 3. The third-order valence-corrected chi connectivity index (χ3v) is 4.73. The van der Waals surface area contributed by atoms with Crippen molar-refractivity contribution in [2.75, 3.05) is 6.61 Å². The number of halogens is 1. The molecule has 0 aliphatic heterocycles. The van der Waals surface area contributed by atoms with Crippen molar-refractivity contribution in [2.45, 2.75) is 19.1 Å². The lowest BCUT2D eigenvalue weighted by Crippen LogP contribution is -2.14. The van der Waals surface area contributed by atoms with Crippen LogP contribution in [0, 0.1) is 0 Å². The maximum Gasteiger partial charge on any atom is 0.307 e. The molecule has 1 unspecified atom stereocenters. The van der Waals surface area contributed by atoms with Crippen molar-refractivity contribution >= 4 is 17.6 Å². The lowest BCUT2D eigenvalue weighted by atomic mass is 9.99. The number of para-hydroxylation sites is 1. The molecule has 29 heavy (non-hydrogen) atoms. The normalized spacial score (nSPS) is 11.8. The average molecular weight is 412 g/mol. The Morgan fingerprint density at radius 2 is 1.83 bits per heavy atom. The maximum absolute atomic E-state index is 11.0. The SMILES string of the molecule is NC(CO)c1cccc(-c2cc(Cl)cc(COc3ccccc3CC(=O)O)c2)c1. The Bertz CT molecular complexity index is 1010. The van der Waals surface area contributed by atoms with Gasteiger partial charge in [0.25, 0.3) is 0 Å². The van der Waals surface area contributed by atoms with Gasteiger partial charge in [-0.1, -0.05) is 48.0 Å². The smallest absolute Gasteiger partial charge is 0.307 e. The van der Waals surface area contributed by atoms with E-state index in [2.05, 4.69) is 0 Å². The van der Waals surface area contributed by atoms with Crippen LogP contribution in [0.15, 0.2) is 66.7 Å².